The van der Waals surface area contributed by atoms with Crippen LogP contribution in [-0.4, -0.2) is 40.3 Å². The number of carbonyl (C=O) groups is 1. The van der Waals surface area contributed by atoms with Gasteiger partial charge in [-0.25, -0.2) is 0 Å². The molecule has 0 radical (unpaired) electrons. The number of benzene rings is 3. The number of rotatable bonds is 8. The van der Waals surface area contributed by atoms with Gasteiger partial charge in [0.1, 0.15) is 17.2 Å². The normalized spacial score (nSPS) is 12.8. The van der Waals surface area contributed by atoms with Crippen molar-refractivity contribution in [1.82, 2.24) is 5.32 Å². The lowest BCUT2D eigenvalue weighted by molar-refractivity contribution is -0.120. The summed E-state index contributed by atoms with van der Waals surface area (Å²) in [6.07, 6.45) is 2.00. The fourth-order valence-electron chi connectivity index (χ4n) is 4.36. The SMILES string of the molecule is COc1ccc(C(NC(=O)CN2CCCc3cccc(OC)c32)c2ccc(OC)cc2)cc1. The van der Waals surface area contributed by atoms with Crippen LogP contribution < -0.4 is 24.4 Å². The third-order valence-electron chi connectivity index (χ3n) is 6.03. The van der Waals surface area contributed by atoms with Crippen molar-refractivity contribution in [3.05, 3.63) is 83.4 Å². The number of methoxy groups -OCH3 is 3. The number of hydrogen-bond acceptors (Lipinski definition) is 5. The lowest BCUT2D eigenvalue weighted by Crippen LogP contribution is -2.41. The number of hydrogen-bond donors (Lipinski definition) is 1. The van der Waals surface area contributed by atoms with Gasteiger partial charge >= 0.3 is 0 Å². The highest BCUT2D eigenvalue weighted by atomic mass is 16.5. The third kappa shape index (κ3) is 5.06. The predicted molar refractivity (Wildman–Crippen MR) is 130 cm³/mol. The van der Waals surface area contributed by atoms with Crippen LogP contribution in [0.15, 0.2) is 66.7 Å². The van der Waals surface area contributed by atoms with Crippen LogP contribution in [0, 0.1) is 0 Å². The van der Waals surface area contributed by atoms with E-state index in [2.05, 4.69) is 16.3 Å². The van der Waals surface area contributed by atoms with E-state index in [1.807, 2.05) is 60.7 Å². The Morgan fingerprint density at radius 1 is 0.879 bits per heavy atom. The molecule has 1 aliphatic heterocycles. The molecule has 172 valence electrons. The molecule has 33 heavy (non-hydrogen) atoms. The van der Waals surface area contributed by atoms with Crippen molar-refractivity contribution in [3.8, 4) is 17.2 Å². The third-order valence-corrected chi connectivity index (χ3v) is 6.03. The van der Waals surface area contributed by atoms with Gasteiger partial charge in [0.2, 0.25) is 5.91 Å². The Kier molecular flexibility index (Phi) is 7.03. The predicted octanol–water partition coefficient (Wildman–Crippen LogP) is 4.37. The number of aryl methyl sites for hydroxylation is 1. The van der Waals surface area contributed by atoms with E-state index in [4.69, 9.17) is 14.2 Å². The summed E-state index contributed by atoms with van der Waals surface area (Å²) in [7, 11) is 4.96. The maximum atomic E-state index is 13.3. The summed E-state index contributed by atoms with van der Waals surface area (Å²) in [5.74, 6) is 2.30. The van der Waals surface area contributed by atoms with Gasteiger partial charge in [0.15, 0.2) is 0 Å². The number of nitrogens with zero attached hydrogens (tertiary/aromatic N) is 1. The van der Waals surface area contributed by atoms with Crippen molar-refractivity contribution < 1.29 is 19.0 Å². The van der Waals surface area contributed by atoms with Crippen LogP contribution in [0.4, 0.5) is 5.69 Å². The smallest absolute Gasteiger partial charge is 0.240 e. The molecule has 0 bridgehead atoms. The number of ether oxygens (including phenoxy) is 3. The van der Waals surface area contributed by atoms with Gasteiger partial charge in [0.05, 0.1) is 39.6 Å². The van der Waals surface area contributed by atoms with Gasteiger partial charge in [-0.15, -0.1) is 0 Å². The first-order chi connectivity index (χ1) is 16.1. The Hall–Kier alpha value is -3.67. The number of carbonyl (C=O) groups excluding carboxylic acids is 1. The lowest BCUT2D eigenvalue weighted by atomic mass is 9.98. The van der Waals surface area contributed by atoms with Crippen LogP contribution in [0.5, 0.6) is 17.2 Å². The van der Waals surface area contributed by atoms with Crippen LogP contribution in [0.3, 0.4) is 0 Å². The minimum atomic E-state index is -0.295. The van der Waals surface area contributed by atoms with Crippen molar-refractivity contribution in [2.75, 3.05) is 39.3 Å². The Balaban J connectivity index is 1.58. The molecule has 0 spiro atoms. The highest BCUT2D eigenvalue weighted by Gasteiger charge is 2.24. The molecule has 1 amide bonds. The molecule has 0 unspecified atom stereocenters. The van der Waals surface area contributed by atoms with Crippen LogP contribution in [0.1, 0.15) is 29.2 Å². The van der Waals surface area contributed by atoms with Gasteiger partial charge in [0, 0.05) is 6.54 Å². The first-order valence-electron chi connectivity index (χ1n) is 11.1. The molecular weight excluding hydrogens is 416 g/mol. The summed E-state index contributed by atoms with van der Waals surface area (Å²) in [5, 5.41) is 3.24. The van der Waals surface area contributed by atoms with Crippen LogP contribution in [-0.2, 0) is 11.2 Å². The van der Waals surface area contributed by atoms with Crippen molar-refractivity contribution in [1.29, 1.82) is 0 Å². The molecule has 4 rings (SSSR count). The van der Waals surface area contributed by atoms with E-state index in [-0.39, 0.29) is 18.5 Å². The highest BCUT2D eigenvalue weighted by Crippen LogP contribution is 2.36. The van der Waals surface area contributed by atoms with Crippen LogP contribution in [0.25, 0.3) is 0 Å². The van der Waals surface area contributed by atoms with Crippen LogP contribution in [0.2, 0.25) is 0 Å². The Labute approximate surface area is 195 Å². The van der Waals surface area contributed by atoms with Crippen molar-refractivity contribution in [2.45, 2.75) is 18.9 Å². The van der Waals surface area contributed by atoms with E-state index in [1.165, 1.54) is 5.56 Å². The van der Waals surface area contributed by atoms with E-state index in [0.717, 1.165) is 53.4 Å². The molecule has 0 aromatic heterocycles. The molecule has 0 saturated heterocycles. The average Bonchev–Trinajstić information content (AvgIpc) is 2.87. The number of fused-ring (bicyclic) bond motifs is 1. The molecule has 1 aliphatic rings. The second-order valence-electron chi connectivity index (χ2n) is 8.04. The van der Waals surface area contributed by atoms with Gasteiger partial charge in [-0.05, 0) is 59.9 Å². The van der Waals surface area contributed by atoms with Crippen molar-refractivity contribution in [3.63, 3.8) is 0 Å². The summed E-state index contributed by atoms with van der Waals surface area (Å²) >= 11 is 0. The number of para-hydroxylation sites is 1. The first-order valence-corrected chi connectivity index (χ1v) is 11.1. The maximum Gasteiger partial charge on any atom is 0.240 e. The van der Waals surface area contributed by atoms with E-state index >= 15 is 0 Å². The zero-order valence-electron chi connectivity index (χ0n) is 19.3. The largest absolute Gasteiger partial charge is 0.497 e. The average molecular weight is 447 g/mol. The Bertz CT molecular complexity index is 1020. The van der Waals surface area contributed by atoms with Gasteiger partial charge in [-0.3, -0.25) is 4.79 Å². The summed E-state index contributed by atoms with van der Waals surface area (Å²) in [6.45, 7) is 1.08. The monoisotopic (exact) mass is 446 g/mol. The quantitative estimate of drug-likeness (QED) is 0.557. The fraction of sp³-hybridized carbons (Fsp3) is 0.296. The van der Waals surface area contributed by atoms with E-state index in [0.29, 0.717) is 0 Å². The second-order valence-corrected chi connectivity index (χ2v) is 8.04. The number of anilines is 1. The standard InChI is InChI=1S/C27H30N2O4/c1-31-22-13-9-19(10-14-22)26(20-11-15-23(32-2)16-12-20)28-25(30)18-29-17-5-7-21-6-4-8-24(33-3)27(21)29/h4,6,8-16,26H,5,7,17-18H2,1-3H3,(H,28,30). The Morgan fingerprint density at radius 3 is 2.03 bits per heavy atom. The summed E-state index contributed by atoms with van der Waals surface area (Å²) in [6, 6.07) is 21.3. The molecule has 3 aromatic rings. The Morgan fingerprint density at radius 2 is 1.48 bits per heavy atom. The number of nitrogens with one attached hydrogen (secondary N) is 1. The number of amides is 1. The van der Waals surface area contributed by atoms with Gasteiger partial charge in [-0.1, -0.05) is 36.4 Å². The molecule has 0 atom stereocenters. The van der Waals surface area contributed by atoms with Gasteiger partial charge < -0.3 is 24.4 Å². The van der Waals surface area contributed by atoms with Gasteiger partial charge in [-0.2, -0.15) is 0 Å². The zero-order chi connectivity index (χ0) is 23.2. The minimum absolute atomic E-state index is 0.0506. The topological polar surface area (TPSA) is 60.0 Å². The van der Waals surface area contributed by atoms with Crippen molar-refractivity contribution >= 4 is 11.6 Å². The molecule has 6 nitrogen and oxygen atoms in total. The molecule has 3 aromatic carbocycles. The highest BCUT2D eigenvalue weighted by molar-refractivity contribution is 5.83. The molecule has 0 fully saturated rings. The van der Waals surface area contributed by atoms with Crippen molar-refractivity contribution in [2.24, 2.45) is 0 Å². The molecule has 1 N–H and O–H groups in total. The minimum Gasteiger partial charge on any atom is -0.497 e. The molecule has 6 heteroatoms. The molecular formula is C27H30N2O4. The van der Waals surface area contributed by atoms with E-state index < -0.39 is 0 Å². The van der Waals surface area contributed by atoms with Gasteiger partial charge in [0.25, 0.3) is 0 Å². The first kappa shape index (κ1) is 22.5. The summed E-state index contributed by atoms with van der Waals surface area (Å²) in [4.78, 5) is 15.4. The summed E-state index contributed by atoms with van der Waals surface area (Å²) in [5.41, 5.74) is 4.19. The van der Waals surface area contributed by atoms with E-state index in [9.17, 15) is 4.79 Å². The zero-order valence-corrected chi connectivity index (χ0v) is 19.3. The fourth-order valence-corrected chi connectivity index (χ4v) is 4.36. The maximum absolute atomic E-state index is 13.3. The second kappa shape index (κ2) is 10.3. The summed E-state index contributed by atoms with van der Waals surface area (Å²) < 4.78 is 16.2. The van der Waals surface area contributed by atoms with Crippen LogP contribution >= 0.6 is 0 Å². The molecule has 0 saturated carbocycles. The molecule has 1 heterocycles. The molecule has 0 aliphatic carbocycles. The lowest BCUT2D eigenvalue weighted by Gasteiger charge is -2.32. The van der Waals surface area contributed by atoms with E-state index in [1.54, 1.807) is 21.3 Å².